The van der Waals surface area contributed by atoms with E-state index in [9.17, 15) is 5.11 Å². The van der Waals surface area contributed by atoms with E-state index in [-0.39, 0.29) is 11.6 Å². The molecule has 2 saturated heterocycles. The van der Waals surface area contributed by atoms with Gasteiger partial charge in [-0.15, -0.1) is 0 Å². The van der Waals surface area contributed by atoms with Gasteiger partial charge in [-0.2, -0.15) is 0 Å². The zero-order chi connectivity index (χ0) is 14.3. The van der Waals surface area contributed by atoms with Gasteiger partial charge in [-0.25, -0.2) is 0 Å². The average molecular weight is 286 g/mol. The Balaban J connectivity index is 1.95. The van der Waals surface area contributed by atoms with Crippen LogP contribution in [0.4, 0.5) is 0 Å². The van der Waals surface area contributed by atoms with Gasteiger partial charge in [-0.05, 0) is 43.3 Å². The van der Waals surface area contributed by atoms with Crippen LogP contribution in [-0.4, -0.2) is 38.8 Å². The van der Waals surface area contributed by atoms with E-state index >= 15 is 0 Å². The van der Waals surface area contributed by atoms with Crippen molar-refractivity contribution >= 4 is 8.32 Å². The topological polar surface area (TPSA) is 38.7 Å². The summed E-state index contributed by atoms with van der Waals surface area (Å²) in [6, 6.07) is 0. The Kier molecular flexibility index (Phi) is 4.46. The molecule has 0 amide bonds. The second kappa shape index (κ2) is 5.47. The summed E-state index contributed by atoms with van der Waals surface area (Å²) in [5.41, 5.74) is 0. The minimum atomic E-state index is -1.67. The van der Waals surface area contributed by atoms with E-state index in [1.165, 1.54) is 12.8 Å². The predicted octanol–water partition coefficient (Wildman–Crippen LogP) is 3.18. The molecule has 1 N–H and O–H groups in total. The summed E-state index contributed by atoms with van der Waals surface area (Å²) in [6.45, 7) is 12.5. The van der Waals surface area contributed by atoms with Gasteiger partial charge in [0.05, 0.1) is 12.2 Å². The molecule has 2 aliphatic rings. The van der Waals surface area contributed by atoms with Crippen LogP contribution in [0.5, 0.6) is 0 Å². The fraction of sp³-hybridized carbons (Fsp3) is 1.00. The van der Waals surface area contributed by atoms with E-state index in [0.29, 0.717) is 24.0 Å². The molecule has 2 fully saturated rings. The zero-order valence-electron chi connectivity index (χ0n) is 13.1. The van der Waals surface area contributed by atoms with Crippen LogP contribution in [0.2, 0.25) is 18.1 Å². The Morgan fingerprint density at radius 2 is 1.74 bits per heavy atom. The molecule has 0 unspecified atom stereocenters. The molecule has 4 heteroatoms. The van der Waals surface area contributed by atoms with Gasteiger partial charge >= 0.3 is 0 Å². The Labute approximate surface area is 118 Å². The van der Waals surface area contributed by atoms with Crippen molar-refractivity contribution in [2.45, 2.75) is 70.4 Å². The SMILES string of the molecule is CC(C)(C)[Si](C)(C)OC[C@@H]1[C@H](CCO)[C@@H]2CC[C@H]1O2. The molecule has 0 radical (unpaired) electrons. The molecule has 2 rings (SSSR count). The molecule has 3 nitrogen and oxygen atoms in total. The van der Waals surface area contributed by atoms with Gasteiger partial charge in [-0.3, -0.25) is 0 Å². The van der Waals surface area contributed by atoms with Crippen LogP contribution in [0, 0.1) is 11.8 Å². The molecular weight excluding hydrogens is 256 g/mol. The van der Waals surface area contributed by atoms with E-state index in [1.54, 1.807) is 0 Å². The highest BCUT2D eigenvalue weighted by atomic mass is 28.4. The first kappa shape index (κ1) is 15.5. The first-order chi connectivity index (χ1) is 8.76. The van der Waals surface area contributed by atoms with Crippen molar-refractivity contribution in [3.05, 3.63) is 0 Å². The lowest BCUT2D eigenvalue weighted by Crippen LogP contribution is -2.44. The predicted molar refractivity (Wildman–Crippen MR) is 79.7 cm³/mol. The van der Waals surface area contributed by atoms with Gasteiger partial charge in [0.1, 0.15) is 0 Å². The Hall–Kier alpha value is 0.0969. The van der Waals surface area contributed by atoms with E-state index in [0.717, 1.165) is 13.0 Å². The van der Waals surface area contributed by atoms with Gasteiger partial charge in [-0.1, -0.05) is 20.8 Å². The molecule has 2 aliphatic heterocycles. The molecular formula is C15H30O3Si. The van der Waals surface area contributed by atoms with E-state index in [4.69, 9.17) is 9.16 Å². The summed E-state index contributed by atoms with van der Waals surface area (Å²) in [5.74, 6) is 1.01. The minimum absolute atomic E-state index is 0.262. The maximum atomic E-state index is 9.24. The molecule has 0 saturated carbocycles. The lowest BCUT2D eigenvalue weighted by Gasteiger charge is -2.38. The lowest BCUT2D eigenvalue weighted by atomic mass is 9.78. The highest BCUT2D eigenvalue weighted by Gasteiger charge is 2.49. The maximum absolute atomic E-state index is 9.24. The highest BCUT2D eigenvalue weighted by molar-refractivity contribution is 6.74. The summed E-state index contributed by atoms with van der Waals surface area (Å²) in [4.78, 5) is 0. The summed E-state index contributed by atoms with van der Waals surface area (Å²) in [6.07, 6.45) is 3.98. The molecule has 19 heavy (non-hydrogen) atoms. The van der Waals surface area contributed by atoms with Crippen molar-refractivity contribution in [2.75, 3.05) is 13.2 Å². The lowest BCUT2D eigenvalue weighted by molar-refractivity contribution is 0.0789. The van der Waals surface area contributed by atoms with Gasteiger partial charge < -0.3 is 14.3 Å². The van der Waals surface area contributed by atoms with Crippen molar-refractivity contribution in [3.8, 4) is 0 Å². The number of hydrogen-bond acceptors (Lipinski definition) is 3. The van der Waals surface area contributed by atoms with Crippen molar-refractivity contribution < 1.29 is 14.3 Å². The molecule has 4 atom stereocenters. The Morgan fingerprint density at radius 1 is 1.16 bits per heavy atom. The number of aliphatic hydroxyl groups is 1. The van der Waals surface area contributed by atoms with Gasteiger partial charge in [0, 0.05) is 19.1 Å². The van der Waals surface area contributed by atoms with Crippen LogP contribution >= 0.6 is 0 Å². The first-order valence-corrected chi connectivity index (χ1v) is 10.6. The number of aliphatic hydroxyl groups excluding tert-OH is 1. The Bertz CT molecular complexity index is 311. The van der Waals surface area contributed by atoms with Crippen LogP contribution < -0.4 is 0 Å². The standard InChI is InChI=1S/C15H30O3Si/c1-15(2,3)19(4,5)17-10-12-11(8-9-16)13-6-7-14(12)18-13/h11-14,16H,6-10H2,1-5H3/t11-,12+,13-,14+/m0/s1. The number of fused-ring (bicyclic) bond motifs is 2. The third-order valence-corrected chi connectivity index (χ3v) is 10.00. The largest absolute Gasteiger partial charge is 0.416 e. The van der Waals surface area contributed by atoms with Gasteiger partial charge in [0.2, 0.25) is 0 Å². The van der Waals surface area contributed by atoms with E-state index in [1.807, 2.05) is 0 Å². The smallest absolute Gasteiger partial charge is 0.191 e. The fourth-order valence-corrected chi connectivity index (χ4v) is 4.21. The number of ether oxygens (including phenoxy) is 1. The molecule has 2 heterocycles. The van der Waals surface area contributed by atoms with Crippen LogP contribution in [0.1, 0.15) is 40.0 Å². The molecule has 112 valence electrons. The quantitative estimate of drug-likeness (QED) is 0.789. The number of rotatable bonds is 5. The maximum Gasteiger partial charge on any atom is 0.191 e. The monoisotopic (exact) mass is 286 g/mol. The van der Waals surface area contributed by atoms with Crippen molar-refractivity contribution in [3.63, 3.8) is 0 Å². The molecule has 0 aliphatic carbocycles. The van der Waals surface area contributed by atoms with E-state index < -0.39 is 8.32 Å². The van der Waals surface area contributed by atoms with Crippen molar-refractivity contribution in [1.82, 2.24) is 0 Å². The van der Waals surface area contributed by atoms with Crippen molar-refractivity contribution in [2.24, 2.45) is 11.8 Å². The Morgan fingerprint density at radius 3 is 2.26 bits per heavy atom. The second-order valence-electron chi connectivity index (χ2n) is 7.70. The van der Waals surface area contributed by atoms with Crippen LogP contribution in [0.15, 0.2) is 0 Å². The van der Waals surface area contributed by atoms with Crippen molar-refractivity contribution in [1.29, 1.82) is 0 Å². The van der Waals surface area contributed by atoms with Gasteiger partial charge in [0.15, 0.2) is 8.32 Å². The fourth-order valence-electron chi connectivity index (χ4n) is 3.17. The second-order valence-corrected chi connectivity index (χ2v) is 12.5. The molecule has 0 aromatic rings. The third kappa shape index (κ3) is 3.07. The van der Waals surface area contributed by atoms with Crippen LogP contribution in [0.3, 0.4) is 0 Å². The normalized spacial score (nSPS) is 35.1. The highest BCUT2D eigenvalue weighted by Crippen LogP contribution is 2.46. The zero-order valence-corrected chi connectivity index (χ0v) is 14.1. The third-order valence-electron chi connectivity index (χ3n) is 5.50. The van der Waals surface area contributed by atoms with Gasteiger partial charge in [0.25, 0.3) is 0 Å². The molecule has 0 spiro atoms. The van der Waals surface area contributed by atoms with Crippen LogP contribution in [0.25, 0.3) is 0 Å². The average Bonchev–Trinajstić information content (AvgIpc) is 2.86. The summed E-state index contributed by atoms with van der Waals surface area (Å²) >= 11 is 0. The summed E-state index contributed by atoms with van der Waals surface area (Å²) in [7, 11) is -1.67. The molecule has 2 bridgehead atoms. The summed E-state index contributed by atoms with van der Waals surface area (Å²) < 4.78 is 12.4. The first-order valence-electron chi connectivity index (χ1n) is 7.66. The van der Waals surface area contributed by atoms with Crippen LogP contribution in [-0.2, 0) is 9.16 Å². The molecule has 0 aromatic carbocycles. The number of hydrogen-bond donors (Lipinski definition) is 1. The molecule has 0 aromatic heterocycles. The summed E-state index contributed by atoms with van der Waals surface area (Å²) in [5, 5.41) is 9.50. The minimum Gasteiger partial charge on any atom is -0.416 e. The van der Waals surface area contributed by atoms with E-state index in [2.05, 4.69) is 33.9 Å².